The van der Waals surface area contributed by atoms with Crippen molar-refractivity contribution in [1.82, 2.24) is 0 Å². The largest absolute Gasteiger partial charge is 0.493 e. The summed E-state index contributed by atoms with van der Waals surface area (Å²) in [6.07, 6.45) is 0.862. The molecule has 0 saturated carbocycles. The summed E-state index contributed by atoms with van der Waals surface area (Å²) >= 11 is 0. The topological polar surface area (TPSA) is 42.9 Å². The number of benzene rings is 2. The molecular weight excluding hydrogens is 312 g/mol. The smallest absolute Gasteiger partial charge is 0.161 e. The van der Waals surface area contributed by atoms with Crippen molar-refractivity contribution >= 4 is 11.5 Å². The Labute approximate surface area is 149 Å². The summed E-state index contributed by atoms with van der Waals surface area (Å²) in [5.74, 6) is 2.35. The van der Waals surface area contributed by atoms with Crippen LogP contribution in [0.3, 0.4) is 0 Å². The molecule has 2 aromatic carbocycles. The quantitative estimate of drug-likeness (QED) is 0.895. The summed E-state index contributed by atoms with van der Waals surface area (Å²) in [6, 6.07) is 10.5. The third-order valence-electron chi connectivity index (χ3n) is 4.55. The van der Waals surface area contributed by atoms with Gasteiger partial charge in [0.2, 0.25) is 0 Å². The molecule has 0 bridgehead atoms. The molecular formula is C21H26N2O2. The molecule has 0 fully saturated rings. The highest BCUT2D eigenvalue weighted by Gasteiger charge is 2.28. The number of rotatable bonds is 3. The number of hydrogen-bond donors (Lipinski definition) is 1. The van der Waals surface area contributed by atoms with Gasteiger partial charge in [-0.05, 0) is 69.0 Å². The first-order valence-corrected chi connectivity index (χ1v) is 8.52. The van der Waals surface area contributed by atoms with Gasteiger partial charge in [-0.15, -0.1) is 0 Å². The summed E-state index contributed by atoms with van der Waals surface area (Å²) in [6.45, 7) is 8.50. The fourth-order valence-corrected chi connectivity index (χ4v) is 3.25. The van der Waals surface area contributed by atoms with Crippen LogP contribution in [0, 0.1) is 13.8 Å². The molecule has 0 aromatic heterocycles. The molecule has 0 spiro atoms. The third-order valence-corrected chi connectivity index (χ3v) is 4.55. The van der Waals surface area contributed by atoms with E-state index in [1.165, 1.54) is 16.7 Å². The lowest BCUT2D eigenvalue weighted by atomic mass is 9.88. The van der Waals surface area contributed by atoms with Crippen molar-refractivity contribution in [2.45, 2.75) is 39.7 Å². The Morgan fingerprint density at radius 1 is 1.00 bits per heavy atom. The van der Waals surface area contributed by atoms with E-state index in [1.807, 2.05) is 6.07 Å². The lowest BCUT2D eigenvalue weighted by Gasteiger charge is -2.30. The number of anilines is 1. The molecule has 1 aliphatic heterocycles. The van der Waals surface area contributed by atoms with Crippen LogP contribution in [0.5, 0.6) is 11.5 Å². The van der Waals surface area contributed by atoms with E-state index in [9.17, 15) is 0 Å². The third kappa shape index (κ3) is 3.48. The van der Waals surface area contributed by atoms with Crippen LogP contribution >= 0.6 is 0 Å². The van der Waals surface area contributed by atoms with Gasteiger partial charge in [-0.25, -0.2) is 0 Å². The zero-order valence-electron chi connectivity index (χ0n) is 15.9. The van der Waals surface area contributed by atoms with E-state index < -0.39 is 0 Å². The molecule has 0 amide bonds. The lowest BCUT2D eigenvalue weighted by molar-refractivity contribution is 0.353. The van der Waals surface area contributed by atoms with E-state index in [2.05, 4.69) is 57.3 Å². The van der Waals surface area contributed by atoms with Crippen LogP contribution in [0.25, 0.3) is 0 Å². The van der Waals surface area contributed by atoms with Crippen LogP contribution in [-0.2, 0) is 6.42 Å². The molecule has 0 atom stereocenters. The Hall–Kier alpha value is -2.49. The fraction of sp³-hybridized carbons (Fsp3) is 0.381. The summed E-state index contributed by atoms with van der Waals surface area (Å²) in [5, 5.41) is 3.54. The maximum atomic E-state index is 5.49. The lowest BCUT2D eigenvalue weighted by Crippen LogP contribution is -2.32. The first-order chi connectivity index (χ1) is 11.8. The first-order valence-electron chi connectivity index (χ1n) is 8.52. The number of nitrogens with zero attached hydrogens (tertiary/aromatic N) is 1. The molecule has 0 unspecified atom stereocenters. The summed E-state index contributed by atoms with van der Waals surface area (Å²) < 4.78 is 11.0. The van der Waals surface area contributed by atoms with Gasteiger partial charge in [-0.2, -0.15) is 0 Å². The van der Waals surface area contributed by atoms with Crippen LogP contribution in [0.15, 0.2) is 35.3 Å². The van der Waals surface area contributed by atoms with Gasteiger partial charge in [0.15, 0.2) is 11.5 Å². The number of amidine groups is 1. The maximum Gasteiger partial charge on any atom is 0.161 e. The van der Waals surface area contributed by atoms with Crippen molar-refractivity contribution in [3.05, 3.63) is 52.6 Å². The molecule has 25 heavy (non-hydrogen) atoms. The number of ether oxygens (including phenoxy) is 2. The minimum absolute atomic E-state index is 0.174. The molecule has 3 rings (SSSR count). The van der Waals surface area contributed by atoms with Gasteiger partial charge < -0.3 is 14.8 Å². The monoisotopic (exact) mass is 338 g/mol. The predicted octanol–water partition coefficient (Wildman–Crippen LogP) is 4.51. The SMILES string of the molecule is COc1cc2c(cc1OC)C(Nc1cc(C)ccc1C)=NC(C)(C)C2. The molecule has 2 aromatic rings. The van der Waals surface area contributed by atoms with E-state index in [0.717, 1.165) is 35.0 Å². The van der Waals surface area contributed by atoms with Gasteiger partial charge in [0.05, 0.1) is 19.8 Å². The molecule has 1 N–H and O–H groups in total. The second kappa shape index (κ2) is 6.43. The average Bonchev–Trinajstić information content (AvgIpc) is 2.56. The minimum atomic E-state index is -0.174. The van der Waals surface area contributed by atoms with E-state index >= 15 is 0 Å². The fourth-order valence-electron chi connectivity index (χ4n) is 3.25. The zero-order chi connectivity index (χ0) is 18.2. The Balaban J connectivity index is 2.10. The zero-order valence-corrected chi connectivity index (χ0v) is 15.9. The Kier molecular flexibility index (Phi) is 4.46. The number of hydrogen-bond acceptors (Lipinski definition) is 4. The van der Waals surface area contributed by atoms with Crippen molar-refractivity contribution in [2.75, 3.05) is 19.5 Å². The molecule has 1 heterocycles. The van der Waals surface area contributed by atoms with Crippen LogP contribution in [0.1, 0.15) is 36.1 Å². The predicted molar refractivity (Wildman–Crippen MR) is 103 cm³/mol. The number of aryl methyl sites for hydroxylation is 2. The van der Waals surface area contributed by atoms with Gasteiger partial charge in [0.25, 0.3) is 0 Å². The molecule has 0 radical (unpaired) electrons. The Morgan fingerprint density at radius 2 is 1.68 bits per heavy atom. The highest BCUT2D eigenvalue weighted by Crippen LogP contribution is 2.36. The van der Waals surface area contributed by atoms with Crippen molar-refractivity contribution < 1.29 is 9.47 Å². The molecule has 0 aliphatic carbocycles. The van der Waals surface area contributed by atoms with Crippen molar-refractivity contribution in [3.8, 4) is 11.5 Å². The molecule has 4 nitrogen and oxygen atoms in total. The summed E-state index contributed by atoms with van der Waals surface area (Å²) in [4.78, 5) is 4.96. The van der Waals surface area contributed by atoms with Crippen LogP contribution in [0.2, 0.25) is 0 Å². The molecule has 132 valence electrons. The van der Waals surface area contributed by atoms with Crippen LogP contribution in [-0.4, -0.2) is 25.6 Å². The molecule has 4 heteroatoms. The van der Waals surface area contributed by atoms with Crippen LogP contribution < -0.4 is 14.8 Å². The minimum Gasteiger partial charge on any atom is -0.493 e. The van der Waals surface area contributed by atoms with Gasteiger partial charge in [-0.1, -0.05) is 12.1 Å². The van der Waals surface area contributed by atoms with Crippen molar-refractivity contribution in [2.24, 2.45) is 4.99 Å². The number of nitrogens with one attached hydrogen (secondary N) is 1. The van der Waals surface area contributed by atoms with E-state index in [1.54, 1.807) is 14.2 Å². The standard InChI is InChI=1S/C21H26N2O2/c1-13-7-8-14(2)17(9-13)22-20-16-11-19(25-6)18(24-5)10-15(16)12-21(3,4)23-20/h7-11H,12H2,1-6H3,(H,22,23). The van der Waals surface area contributed by atoms with Gasteiger partial charge in [-0.3, -0.25) is 4.99 Å². The summed E-state index contributed by atoms with van der Waals surface area (Å²) in [7, 11) is 3.33. The van der Waals surface area contributed by atoms with E-state index in [-0.39, 0.29) is 5.54 Å². The molecule has 0 saturated heterocycles. The number of aliphatic imine (C=N–C) groups is 1. The summed E-state index contributed by atoms with van der Waals surface area (Å²) in [5.41, 5.74) is 5.60. The Bertz CT molecular complexity index is 838. The average molecular weight is 338 g/mol. The first kappa shape index (κ1) is 17.3. The van der Waals surface area contributed by atoms with E-state index in [4.69, 9.17) is 14.5 Å². The van der Waals surface area contributed by atoms with Gasteiger partial charge in [0.1, 0.15) is 5.84 Å². The number of fused-ring (bicyclic) bond motifs is 1. The maximum absolute atomic E-state index is 5.49. The van der Waals surface area contributed by atoms with Crippen molar-refractivity contribution in [3.63, 3.8) is 0 Å². The number of methoxy groups -OCH3 is 2. The normalized spacial score (nSPS) is 15.2. The second-order valence-electron chi connectivity index (χ2n) is 7.26. The van der Waals surface area contributed by atoms with Crippen LogP contribution in [0.4, 0.5) is 5.69 Å². The Morgan fingerprint density at radius 3 is 2.36 bits per heavy atom. The molecule has 1 aliphatic rings. The second-order valence-corrected chi connectivity index (χ2v) is 7.26. The van der Waals surface area contributed by atoms with Gasteiger partial charge in [0, 0.05) is 11.3 Å². The van der Waals surface area contributed by atoms with E-state index in [0.29, 0.717) is 0 Å². The highest BCUT2D eigenvalue weighted by molar-refractivity contribution is 6.10. The van der Waals surface area contributed by atoms with Gasteiger partial charge >= 0.3 is 0 Å². The van der Waals surface area contributed by atoms with Crippen molar-refractivity contribution in [1.29, 1.82) is 0 Å². The highest BCUT2D eigenvalue weighted by atomic mass is 16.5.